The van der Waals surface area contributed by atoms with Gasteiger partial charge >= 0.3 is 23.9 Å². The molecule has 0 aliphatic rings. The molecule has 0 saturated heterocycles. The second kappa shape index (κ2) is 8.13. The van der Waals surface area contributed by atoms with Crippen LogP contribution in [0.15, 0.2) is 23.1 Å². The summed E-state index contributed by atoms with van der Waals surface area (Å²) in [6.45, 7) is 4.29. The number of hydrogen-bond donors (Lipinski definition) is 0. The van der Waals surface area contributed by atoms with Crippen LogP contribution in [-0.4, -0.2) is 27.5 Å². The van der Waals surface area contributed by atoms with Gasteiger partial charge in [0.2, 0.25) is 0 Å². The molecule has 0 heterocycles. The van der Waals surface area contributed by atoms with E-state index in [4.69, 9.17) is 9.05 Å². The normalized spacial score (nSPS) is 15.4. The maximum atomic E-state index is 13.8. The van der Waals surface area contributed by atoms with Crippen molar-refractivity contribution in [2.45, 2.75) is 37.9 Å². The van der Waals surface area contributed by atoms with Crippen molar-refractivity contribution in [3.63, 3.8) is 0 Å². The highest BCUT2D eigenvalue weighted by Gasteiger charge is 2.40. The van der Waals surface area contributed by atoms with E-state index in [1.165, 1.54) is 20.8 Å². The zero-order chi connectivity index (χ0) is 19.5. The van der Waals surface area contributed by atoms with Crippen molar-refractivity contribution in [1.82, 2.24) is 0 Å². The smallest absolute Gasteiger partial charge is 0.307 e. The van der Waals surface area contributed by atoms with E-state index in [9.17, 15) is 30.5 Å². The first kappa shape index (κ1) is 22.0. The SMILES string of the molecule is CCOP(=O)(COS(=O)(=O)c1c(F)cccc1C(F)(F)F)OC(C)C. The van der Waals surface area contributed by atoms with E-state index in [-0.39, 0.29) is 6.61 Å². The molecule has 0 aromatic heterocycles. The van der Waals surface area contributed by atoms with Crippen LogP contribution in [0.5, 0.6) is 0 Å². The van der Waals surface area contributed by atoms with Gasteiger partial charge in [0.1, 0.15) is 10.7 Å². The van der Waals surface area contributed by atoms with Crippen LogP contribution in [0.3, 0.4) is 0 Å². The van der Waals surface area contributed by atoms with E-state index in [2.05, 4.69) is 4.18 Å². The third-order valence-corrected chi connectivity index (χ3v) is 5.94. The number of rotatable bonds is 8. The second-order valence-electron chi connectivity index (χ2n) is 5.00. The quantitative estimate of drug-likeness (QED) is 0.365. The first-order chi connectivity index (χ1) is 11.3. The highest BCUT2D eigenvalue weighted by Crippen LogP contribution is 2.50. The fraction of sp³-hybridized carbons (Fsp3) is 0.538. The van der Waals surface area contributed by atoms with Crippen LogP contribution in [0, 0.1) is 5.82 Å². The summed E-state index contributed by atoms with van der Waals surface area (Å²) in [5, 5.41) is 0. The van der Waals surface area contributed by atoms with Crippen LogP contribution in [0.4, 0.5) is 17.6 Å². The molecule has 0 amide bonds. The van der Waals surface area contributed by atoms with E-state index >= 15 is 0 Å². The van der Waals surface area contributed by atoms with Crippen LogP contribution in [-0.2, 0) is 34.1 Å². The third kappa shape index (κ3) is 6.03. The molecule has 25 heavy (non-hydrogen) atoms. The fourth-order valence-electron chi connectivity index (χ4n) is 1.80. The average Bonchev–Trinajstić information content (AvgIpc) is 2.43. The van der Waals surface area contributed by atoms with E-state index in [1.807, 2.05) is 0 Å². The summed E-state index contributed by atoms with van der Waals surface area (Å²) in [5.41, 5.74) is -1.73. The van der Waals surface area contributed by atoms with Crippen LogP contribution < -0.4 is 0 Å². The molecule has 6 nitrogen and oxygen atoms in total. The molecule has 0 aliphatic heterocycles. The Morgan fingerprint density at radius 2 is 1.84 bits per heavy atom. The zero-order valence-corrected chi connectivity index (χ0v) is 15.3. The Morgan fingerprint density at radius 3 is 2.32 bits per heavy atom. The van der Waals surface area contributed by atoms with Crippen molar-refractivity contribution < 1.29 is 43.8 Å². The minimum absolute atomic E-state index is 0.124. The molecule has 144 valence electrons. The highest BCUT2D eigenvalue weighted by atomic mass is 32.2. The summed E-state index contributed by atoms with van der Waals surface area (Å²) in [6.07, 6.45) is -6.96. The van der Waals surface area contributed by atoms with Crippen molar-refractivity contribution in [2.75, 3.05) is 13.0 Å². The van der Waals surface area contributed by atoms with E-state index < -0.39 is 52.6 Å². The molecule has 0 fully saturated rings. The second-order valence-corrected chi connectivity index (χ2v) is 8.50. The van der Waals surface area contributed by atoms with Gasteiger partial charge in [-0.1, -0.05) is 6.07 Å². The maximum Gasteiger partial charge on any atom is 0.417 e. The molecule has 1 aromatic rings. The molecular weight excluding hydrogens is 391 g/mol. The Balaban J connectivity index is 3.21. The Labute approximate surface area is 142 Å². The van der Waals surface area contributed by atoms with Gasteiger partial charge in [0.05, 0.1) is 18.3 Å². The van der Waals surface area contributed by atoms with Crippen molar-refractivity contribution in [1.29, 1.82) is 0 Å². The minimum atomic E-state index is -5.22. The maximum absolute atomic E-state index is 13.8. The molecule has 0 radical (unpaired) electrons. The lowest BCUT2D eigenvalue weighted by atomic mass is 10.2. The Hall–Kier alpha value is -1.00. The lowest BCUT2D eigenvalue weighted by molar-refractivity contribution is -0.140. The lowest BCUT2D eigenvalue weighted by Gasteiger charge is -2.20. The molecule has 1 rings (SSSR count). The van der Waals surface area contributed by atoms with Crippen LogP contribution in [0.2, 0.25) is 0 Å². The molecule has 0 spiro atoms. The van der Waals surface area contributed by atoms with Gasteiger partial charge in [-0.25, -0.2) is 4.39 Å². The molecular formula is C13H17F4O6PS. The molecule has 0 aliphatic carbocycles. The first-order valence-electron chi connectivity index (χ1n) is 6.99. The topological polar surface area (TPSA) is 78.9 Å². The van der Waals surface area contributed by atoms with Crippen molar-refractivity contribution >= 4 is 17.7 Å². The standard InChI is InChI=1S/C13H17F4O6PS/c1-4-21-24(18,23-9(2)3)8-22-25(19,20)12-10(13(15,16)17)6-5-7-11(12)14/h5-7,9H,4,8H2,1-3H3. The highest BCUT2D eigenvalue weighted by molar-refractivity contribution is 7.87. The Morgan fingerprint density at radius 1 is 1.24 bits per heavy atom. The van der Waals surface area contributed by atoms with Gasteiger partial charge in [0.15, 0.2) is 6.35 Å². The fourth-order valence-corrected chi connectivity index (χ4v) is 4.98. The van der Waals surface area contributed by atoms with E-state index in [0.29, 0.717) is 18.2 Å². The Kier molecular flexibility index (Phi) is 7.17. The molecule has 0 saturated carbocycles. The van der Waals surface area contributed by atoms with E-state index in [0.717, 1.165) is 0 Å². The number of halogens is 4. The van der Waals surface area contributed by atoms with Gasteiger partial charge in [-0.15, -0.1) is 0 Å². The Bertz CT molecular complexity index is 747. The summed E-state index contributed by atoms with van der Waals surface area (Å²) in [7, 11) is -9.29. The largest absolute Gasteiger partial charge is 0.417 e. The van der Waals surface area contributed by atoms with Gasteiger partial charge in [-0.05, 0) is 32.9 Å². The average molecular weight is 408 g/mol. The van der Waals surface area contributed by atoms with Crippen LogP contribution in [0.25, 0.3) is 0 Å². The van der Waals surface area contributed by atoms with Gasteiger partial charge < -0.3 is 9.05 Å². The summed E-state index contributed by atoms with van der Waals surface area (Å²) in [6, 6.07) is 1.65. The first-order valence-corrected chi connectivity index (χ1v) is 10.1. The number of benzene rings is 1. The summed E-state index contributed by atoms with van der Waals surface area (Å²) in [4.78, 5) is -1.69. The van der Waals surface area contributed by atoms with Crippen molar-refractivity contribution in [3.8, 4) is 0 Å². The molecule has 0 N–H and O–H groups in total. The molecule has 0 bridgehead atoms. The van der Waals surface area contributed by atoms with Crippen molar-refractivity contribution in [2.24, 2.45) is 0 Å². The van der Waals surface area contributed by atoms with Crippen molar-refractivity contribution in [3.05, 3.63) is 29.6 Å². The van der Waals surface area contributed by atoms with Gasteiger partial charge in [-0.2, -0.15) is 21.6 Å². The van der Waals surface area contributed by atoms with Crippen LogP contribution >= 0.6 is 7.60 Å². The number of alkyl halides is 3. The predicted molar refractivity (Wildman–Crippen MR) is 80.0 cm³/mol. The summed E-state index contributed by atoms with van der Waals surface area (Å²) < 4.78 is 103. The monoisotopic (exact) mass is 408 g/mol. The predicted octanol–water partition coefficient (Wildman–Crippen LogP) is 4.16. The zero-order valence-electron chi connectivity index (χ0n) is 13.5. The minimum Gasteiger partial charge on any atom is -0.307 e. The van der Waals surface area contributed by atoms with Gasteiger partial charge in [0, 0.05) is 0 Å². The summed E-state index contributed by atoms with van der Waals surface area (Å²) >= 11 is 0. The lowest BCUT2D eigenvalue weighted by Crippen LogP contribution is -2.18. The molecule has 1 atom stereocenters. The summed E-state index contributed by atoms with van der Waals surface area (Å²) in [5.74, 6) is -1.65. The molecule has 1 unspecified atom stereocenters. The van der Waals surface area contributed by atoms with Gasteiger partial charge in [-0.3, -0.25) is 8.75 Å². The third-order valence-electron chi connectivity index (χ3n) is 2.59. The molecule has 12 heteroatoms. The molecule has 1 aromatic carbocycles. The van der Waals surface area contributed by atoms with Crippen LogP contribution in [0.1, 0.15) is 26.3 Å². The number of hydrogen-bond acceptors (Lipinski definition) is 6. The van der Waals surface area contributed by atoms with Gasteiger partial charge in [0.25, 0.3) is 0 Å². The van der Waals surface area contributed by atoms with E-state index in [1.54, 1.807) is 0 Å².